The van der Waals surface area contributed by atoms with Gasteiger partial charge in [-0.15, -0.1) is 0 Å². The summed E-state index contributed by atoms with van der Waals surface area (Å²) in [5, 5.41) is 3.67. The minimum absolute atomic E-state index is 0.102. The first-order valence-corrected chi connectivity index (χ1v) is 8.76. The largest absolute Gasteiger partial charge is 0.490 e. The van der Waals surface area contributed by atoms with Gasteiger partial charge in [-0.2, -0.15) is 0 Å². The van der Waals surface area contributed by atoms with Gasteiger partial charge in [0.15, 0.2) is 11.5 Å². The third-order valence-corrected chi connectivity index (χ3v) is 4.56. The molecule has 3 aromatic rings. The second kappa shape index (κ2) is 6.89. The van der Waals surface area contributed by atoms with Gasteiger partial charge in [0, 0.05) is 17.5 Å². The Balaban J connectivity index is 1.63. The van der Waals surface area contributed by atoms with Gasteiger partial charge in [-0.05, 0) is 32.3 Å². The Morgan fingerprint density at radius 2 is 1.89 bits per heavy atom. The number of benzene rings is 2. The van der Waals surface area contributed by atoms with Crippen molar-refractivity contribution in [2.75, 3.05) is 20.7 Å². The number of nitrogens with zero attached hydrogens (tertiary/aromatic N) is 1. The number of carbonyl (C=O) groups is 2. The van der Waals surface area contributed by atoms with Crippen molar-refractivity contribution in [3.8, 4) is 5.75 Å². The van der Waals surface area contributed by atoms with Crippen LogP contribution in [0.25, 0.3) is 11.0 Å². The predicted octanol–water partition coefficient (Wildman–Crippen LogP) is 2.87. The number of ketones is 1. The molecule has 0 spiro atoms. The van der Waals surface area contributed by atoms with Gasteiger partial charge in [-0.25, -0.2) is 0 Å². The third kappa shape index (κ3) is 3.19. The highest BCUT2D eigenvalue weighted by Gasteiger charge is 2.31. The molecule has 0 bridgehead atoms. The summed E-state index contributed by atoms with van der Waals surface area (Å²) in [6.07, 6.45) is 0. The highest BCUT2D eigenvalue weighted by atomic mass is 16.5. The Kier molecular flexibility index (Phi) is 4.41. The molecule has 6 nitrogen and oxygen atoms in total. The minimum atomic E-state index is -0.743. The normalized spacial score (nSPS) is 16.3. The van der Waals surface area contributed by atoms with E-state index in [9.17, 15) is 9.59 Å². The lowest BCUT2D eigenvalue weighted by atomic mass is 10.0. The van der Waals surface area contributed by atoms with Crippen LogP contribution in [-0.2, 0) is 6.54 Å². The van der Waals surface area contributed by atoms with Crippen LogP contribution in [0.3, 0.4) is 0 Å². The fourth-order valence-corrected chi connectivity index (χ4v) is 3.32. The molecule has 4 rings (SSSR count). The van der Waals surface area contributed by atoms with E-state index in [1.54, 1.807) is 18.2 Å². The lowest BCUT2D eigenvalue weighted by Crippen LogP contribution is -2.47. The van der Waals surface area contributed by atoms with E-state index in [1.165, 1.54) is 0 Å². The maximum absolute atomic E-state index is 12.9. The van der Waals surface area contributed by atoms with Gasteiger partial charge < -0.3 is 19.4 Å². The third-order valence-electron chi connectivity index (χ3n) is 4.56. The summed E-state index contributed by atoms with van der Waals surface area (Å²) in [5.41, 5.74) is 1.93. The summed E-state index contributed by atoms with van der Waals surface area (Å²) < 4.78 is 11.4. The number of hydrogen-bond acceptors (Lipinski definition) is 5. The molecule has 138 valence electrons. The second-order valence-corrected chi connectivity index (χ2v) is 6.84. The van der Waals surface area contributed by atoms with Crippen molar-refractivity contribution >= 4 is 22.7 Å². The predicted molar refractivity (Wildman–Crippen MR) is 101 cm³/mol. The zero-order chi connectivity index (χ0) is 19.0. The summed E-state index contributed by atoms with van der Waals surface area (Å²) in [4.78, 5) is 27.6. The molecule has 1 N–H and O–H groups in total. The lowest BCUT2D eigenvalue weighted by molar-refractivity contribution is 0.0782. The fourth-order valence-electron chi connectivity index (χ4n) is 3.32. The van der Waals surface area contributed by atoms with Gasteiger partial charge in [0.1, 0.15) is 24.0 Å². The summed E-state index contributed by atoms with van der Waals surface area (Å²) >= 11 is 0. The molecular formula is C21H20N2O4. The number of para-hydroxylation sites is 2. The first-order valence-electron chi connectivity index (χ1n) is 8.76. The molecule has 0 saturated heterocycles. The van der Waals surface area contributed by atoms with Crippen molar-refractivity contribution in [2.45, 2.75) is 12.6 Å². The quantitative estimate of drug-likeness (QED) is 0.771. The van der Waals surface area contributed by atoms with Crippen molar-refractivity contribution in [1.82, 2.24) is 10.2 Å². The van der Waals surface area contributed by atoms with E-state index in [2.05, 4.69) is 5.32 Å². The van der Waals surface area contributed by atoms with Crippen LogP contribution in [0.2, 0.25) is 0 Å². The zero-order valence-electron chi connectivity index (χ0n) is 15.2. The van der Waals surface area contributed by atoms with Gasteiger partial charge >= 0.3 is 0 Å². The standard InChI is InChI=1S/C21H20N2O4/c1-23(2)11-15-13-7-3-6-10-18(13)27-20(15)21(25)22-16-12-26-17-9-5-4-8-14(17)19(16)24/h3-10,16H,11-12H2,1-2H3,(H,22,25). The van der Waals surface area contributed by atoms with Gasteiger partial charge in [-0.3, -0.25) is 9.59 Å². The number of rotatable bonds is 4. The number of furan rings is 1. The van der Waals surface area contributed by atoms with Crippen LogP contribution >= 0.6 is 0 Å². The molecule has 1 atom stereocenters. The molecule has 0 fully saturated rings. The Hall–Kier alpha value is -3.12. The Labute approximate surface area is 156 Å². The van der Waals surface area contributed by atoms with Gasteiger partial charge in [0.05, 0.1) is 5.56 Å². The van der Waals surface area contributed by atoms with E-state index < -0.39 is 11.9 Å². The van der Waals surface area contributed by atoms with Crippen LogP contribution in [0.15, 0.2) is 52.9 Å². The van der Waals surface area contributed by atoms with Crippen molar-refractivity contribution in [3.05, 3.63) is 65.4 Å². The van der Waals surface area contributed by atoms with Gasteiger partial charge in [-0.1, -0.05) is 30.3 Å². The van der Waals surface area contributed by atoms with Crippen LogP contribution in [0.1, 0.15) is 26.5 Å². The van der Waals surface area contributed by atoms with E-state index in [-0.39, 0.29) is 18.2 Å². The highest BCUT2D eigenvalue weighted by molar-refractivity contribution is 6.07. The average molecular weight is 364 g/mol. The van der Waals surface area contributed by atoms with Crippen LogP contribution in [-0.4, -0.2) is 43.3 Å². The van der Waals surface area contributed by atoms with E-state index in [0.29, 0.717) is 23.4 Å². The summed E-state index contributed by atoms with van der Waals surface area (Å²) in [7, 11) is 3.86. The lowest BCUT2D eigenvalue weighted by Gasteiger charge is -2.24. The zero-order valence-corrected chi connectivity index (χ0v) is 15.2. The number of ether oxygens (including phenoxy) is 1. The topological polar surface area (TPSA) is 71.8 Å². The molecule has 2 aromatic carbocycles. The molecule has 1 amide bonds. The number of nitrogens with one attached hydrogen (secondary N) is 1. The monoisotopic (exact) mass is 364 g/mol. The molecule has 0 aliphatic carbocycles. The number of Topliss-reactive ketones (excluding diaryl/α,β-unsaturated/α-hetero) is 1. The van der Waals surface area contributed by atoms with Gasteiger partial charge in [0.2, 0.25) is 0 Å². The van der Waals surface area contributed by atoms with E-state index in [1.807, 2.05) is 49.3 Å². The molecular weight excluding hydrogens is 344 g/mol. The Bertz CT molecular complexity index is 1020. The molecule has 1 unspecified atom stereocenters. The molecule has 27 heavy (non-hydrogen) atoms. The maximum atomic E-state index is 12.9. The molecule has 0 saturated carbocycles. The summed E-state index contributed by atoms with van der Waals surface area (Å²) in [6.45, 7) is 0.655. The number of carbonyl (C=O) groups excluding carboxylic acids is 2. The van der Waals surface area contributed by atoms with Crippen molar-refractivity contribution < 1.29 is 18.7 Å². The SMILES string of the molecule is CN(C)Cc1c(C(=O)NC2COc3ccccc3C2=O)oc2ccccc12. The van der Waals surface area contributed by atoms with Crippen molar-refractivity contribution in [2.24, 2.45) is 0 Å². The first-order chi connectivity index (χ1) is 13.0. The van der Waals surface area contributed by atoms with Crippen LogP contribution in [0, 0.1) is 0 Å². The van der Waals surface area contributed by atoms with Crippen molar-refractivity contribution in [3.63, 3.8) is 0 Å². The van der Waals surface area contributed by atoms with E-state index in [4.69, 9.17) is 9.15 Å². The first kappa shape index (κ1) is 17.3. The molecule has 6 heteroatoms. The maximum Gasteiger partial charge on any atom is 0.288 e. The van der Waals surface area contributed by atoms with Gasteiger partial charge in [0.25, 0.3) is 5.91 Å². The molecule has 0 radical (unpaired) electrons. The highest BCUT2D eigenvalue weighted by Crippen LogP contribution is 2.28. The Morgan fingerprint density at radius 3 is 2.70 bits per heavy atom. The minimum Gasteiger partial charge on any atom is -0.490 e. The van der Waals surface area contributed by atoms with Crippen molar-refractivity contribution in [1.29, 1.82) is 0 Å². The van der Waals surface area contributed by atoms with E-state index >= 15 is 0 Å². The van der Waals surface area contributed by atoms with E-state index in [0.717, 1.165) is 10.9 Å². The number of hydrogen-bond donors (Lipinski definition) is 1. The fraction of sp³-hybridized carbons (Fsp3) is 0.238. The van der Waals surface area contributed by atoms with Crippen LogP contribution in [0.5, 0.6) is 5.75 Å². The summed E-state index contributed by atoms with van der Waals surface area (Å²) in [6, 6.07) is 13.8. The van der Waals surface area contributed by atoms with Crippen LogP contribution < -0.4 is 10.1 Å². The molecule has 2 heterocycles. The second-order valence-electron chi connectivity index (χ2n) is 6.84. The number of fused-ring (bicyclic) bond motifs is 2. The van der Waals surface area contributed by atoms with Crippen LogP contribution in [0.4, 0.5) is 0 Å². The molecule has 1 aliphatic rings. The molecule has 1 aliphatic heterocycles. The Morgan fingerprint density at radius 1 is 1.15 bits per heavy atom. The number of amides is 1. The molecule has 1 aromatic heterocycles. The summed E-state index contributed by atoms with van der Waals surface area (Å²) in [5.74, 6) is 0.210. The average Bonchev–Trinajstić information content (AvgIpc) is 3.02. The smallest absolute Gasteiger partial charge is 0.288 e.